The highest BCUT2D eigenvalue weighted by Crippen LogP contribution is 2.43. The van der Waals surface area contributed by atoms with Crippen LogP contribution in [0.3, 0.4) is 0 Å². The minimum absolute atomic E-state index is 0.106. The van der Waals surface area contributed by atoms with Crippen molar-refractivity contribution in [3.05, 3.63) is 169 Å². The summed E-state index contributed by atoms with van der Waals surface area (Å²) in [5.74, 6) is -4.17. The predicted molar refractivity (Wildman–Crippen MR) is 360 cm³/mol. The number of carbonyl (C=O) groups is 5. The molecule has 0 aliphatic carbocycles. The molecule has 2 unspecified atom stereocenters. The van der Waals surface area contributed by atoms with Crippen LogP contribution in [0.2, 0.25) is 0 Å². The summed E-state index contributed by atoms with van der Waals surface area (Å²) in [5.41, 5.74) is 23.7. The molecule has 0 fully saturated rings. The Kier molecular flexibility index (Phi) is 17.6. The topological polar surface area (TPSA) is 302 Å². The number of aromatic nitrogens is 8. The second-order valence-electron chi connectivity index (χ2n) is 24.3. The number of amides is 1. The summed E-state index contributed by atoms with van der Waals surface area (Å²) in [4.78, 5) is 98.6. The first-order valence-electron chi connectivity index (χ1n) is 31.1. The van der Waals surface area contributed by atoms with E-state index in [9.17, 15) is 44.4 Å². The Bertz CT molecular complexity index is 4800. The van der Waals surface area contributed by atoms with Gasteiger partial charge in [0.15, 0.2) is 0 Å². The van der Waals surface area contributed by atoms with Gasteiger partial charge in [0.05, 0.1) is 68.8 Å². The van der Waals surface area contributed by atoms with E-state index in [-0.39, 0.29) is 57.3 Å². The Morgan fingerprint density at radius 2 is 0.761 bits per heavy atom. The molecule has 92 heavy (non-hydrogen) atoms. The quantitative estimate of drug-likeness (QED) is 0.0364. The van der Waals surface area contributed by atoms with E-state index in [1.807, 2.05) is 128 Å². The van der Waals surface area contributed by atoms with E-state index in [2.05, 4.69) is 52.1 Å². The smallest absolute Gasteiger partial charge is 0.303 e. The second-order valence-corrected chi connectivity index (χ2v) is 24.3. The standard InChI is InChI=1S/C73H75N9O10/c1-12-45-34(2)50-26-51-35(3)46(18-22-66(83)84)59(76-51)32-61-48(20-24-68(87)88)37(5)53(78-61)29-63-70(39(7)56(80-63)28-58(45)75-50)42(10)92-43(11)71-40(8)57-31-65-72(73(91)74-44-16-14-13-15-17-44)41(9)55(82-65)27-52-36(4)47(19-23-67(85)86)60(77-52)33-62-49(21-25-69(89)90)38(6)54(79-62)30-64(71)81-57/h13-17,26-33,42-43,75,80-82H,12,18-25H2,1-11H3,(H,74,91)(H,83,84)(H,85,86)(H,87,88)(H,89,90). The first-order valence-corrected chi connectivity index (χ1v) is 31.1. The lowest BCUT2D eigenvalue weighted by molar-refractivity contribution is -0.137. The van der Waals surface area contributed by atoms with Gasteiger partial charge in [-0.1, -0.05) is 25.1 Å². The number of anilines is 1. The maximum atomic E-state index is 14.7. The molecule has 0 spiro atoms. The number of aryl methyl sites for hydroxylation is 5. The lowest BCUT2D eigenvalue weighted by Crippen LogP contribution is -2.12. The monoisotopic (exact) mass is 1240 g/mol. The highest BCUT2D eigenvalue weighted by atomic mass is 16.5. The zero-order valence-corrected chi connectivity index (χ0v) is 53.6. The molecule has 10 heterocycles. The van der Waals surface area contributed by atoms with E-state index >= 15 is 0 Å². The molecular formula is C73H75N9O10. The molecule has 7 aromatic rings. The van der Waals surface area contributed by atoms with Crippen molar-refractivity contribution in [2.45, 2.75) is 146 Å². The van der Waals surface area contributed by atoms with Gasteiger partial charge in [0.1, 0.15) is 0 Å². The van der Waals surface area contributed by atoms with Gasteiger partial charge in [-0.15, -0.1) is 0 Å². The zero-order valence-electron chi connectivity index (χ0n) is 53.6. The molecule has 0 saturated carbocycles. The van der Waals surface area contributed by atoms with Crippen LogP contribution in [0.5, 0.6) is 0 Å². The van der Waals surface area contributed by atoms with Crippen molar-refractivity contribution in [2.75, 3.05) is 5.32 Å². The van der Waals surface area contributed by atoms with E-state index in [1.54, 1.807) is 0 Å². The lowest BCUT2D eigenvalue weighted by Gasteiger charge is -2.21. The number of rotatable bonds is 19. The molecule has 11 rings (SSSR count). The van der Waals surface area contributed by atoms with Crippen LogP contribution < -0.4 is 5.32 Å². The number of aromatic amines is 4. The highest BCUT2D eigenvalue weighted by Gasteiger charge is 2.29. The molecular weight excluding hydrogens is 1160 g/mol. The lowest BCUT2D eigenvalue weighted by atomic mass is 9.98. The number of carbonyl (C=O) groups excluding carboxylic acids is 1. The van der Waals surface area contributed by atoms with E-state index in [1.165, 1.54) is 0 Å². The average molecular weight is 1240 g/mol. The van der Waals surface area contributed by atoms with Gasteiger partial charge in [0.2, 0.25) is 0 Å². The second kappa shape index (κ2) is 25.5. The number of carboxylic acids is 4. The summed E-state index contributed by atoms with van der Waals surface area (Å²) in [6.07, 6.45) is -0.307. The van der Waals surface area contributed by atoms with E-state index in [0.717, 1.165) is 95.3 Å². The number of H-pyrrole nitrogens is 4. The third-order valence-corrected chi connectivity index (χ3v) is 18.5. The van der Waals surface area contributed by atoms with Crippen LogP contribution in [-0.2, 0) is 30.3 Å². The van der Waals surface area contributed by atoms with Gasteiger partial charge in [-0.3, -0.25) is 24.0 Å². The number of nitrogens with zero attached hydrogens (tertiary/aromatic N) is 4. The van der Waals surface area contributed by atoms with Gasteiger partial charge in [0.25, 0.3) is 5.91 Å². The number of allylic oxidation sites excluding steroid dienone is 8. The molecule has 1 amide bonds. The van der Waals surface area contributed by atoms with Crippen LogP contribution in [-0.4, -0.2) is 90.1 Å². The van der Waals surface area contributed by atoms with Crippen LogP contribution in [0.15, 0.2) is 78.9 Å². The molecule has 6 aromatic heterocycles. The first-order chi connectivity index (χ1) is 43.9. The molecule has 19 heteroatoms. The van der Waals surface area contributed by atoms with Gasteiger partial charge in [-0.2, -0.15) is 0 Å². The summed E-state index contributed by atoms with van der Waals surface area (Å²) < 4.78 is 7.34. The number of carboxylic acid groups (broad SMARTS) is 4. The number of ether oxygens (including phenoxy) is 1. The van der Waals surface area contributed by atoms with Crippen LogP contribution in [0.4, 0.5) is 5.69 Å². The Morgan fingerprint density at radius 1 is 0.424 bits per heavy atom. The maximum absolute atomic E-state index is 14.7. The molecule has 472 valence electrons. The number of nitrogens with one attached hydrogen (secondary N) is 5. The van der Waals surface area contributed by atoms with Gasteiger partial charge >= 0.3 is 23.9 Å². The van der Waals surface area contributed by atoms with Crippen LogP contribution >= 0.6 is 0 Å². The van der Waals surface area contributed by atoms with Gasteiger partial charge < -0.3 is 50.4 Å². The van der Waals surface area contributed by atoms with Crippen molar-refractivity contribution in [2.24, 2.45) is 0 Å². The molecule has 4 aliphatic heterocycles. The normalized spacial score (nSPS) is 13.9. The fourth-order valence-corrected chi connectivity index (χ4v) is 13.4. The fraction of sp³-hybridized carbons (Fsp3) is 0.301. The van der Waals surface area contributed by atoms with Crippen molar-refractivity contribution in [1.82, 2.24) is 39.9 Å². The number of para-hydroxylation sites is 1. The van der Waals surface area contributed by atoms with Crippen LogP contribution in [0.25, 0.3) is 88.7 Å². The molecule has 1 aromatic carbocycles. The van der Waals surface area contributed by atoms with Crippen molar-refractivity contribution < 1.29 is 49.1 Å². The number of benzene rings is 1. The van der Waals surface area contributed by atoms with Crippen molar-refractivity contribution >= 4 is 124 Å². The Morgan fingerprint density at radius 3 is 1.14 bits per heavy atom. The minimum atomic E-state index is -0.970. The number of aliphatic carboxylic acids is 4. The number of hydrogen-bond donors (Lipinski definition) is 9. The minimum Gasteiger partial charge on any atom is -0.481 e. The summed E-state index contributed by atoms with van der Waals surface area (Å²) in [6, 6.07) is 24.7. The molecule has 4 aliphatic rings. The third kappa shape index (κ3) is 12.4. The Hall–Kier alpha value is -10.3. The first kappa shape index (κ1) is 63.3. The van der Waals surface area contributed by atoms with Crippen LogP contribution in [0, 0.1) is 27.7 Å². The SMILES string of the molecule is CCc1c(C)c2cc3nc(cc4nc(cc5[nH]c(cc1[nH]2)c(C)c5C(C)OC(C)c1c(C)c2cc5[nH]c(cc6nc(cc7nc(cc1[nH]2)C(C)=C7CCC(=O)O)C(CCC(=O)O)=C6C)c(C)c5C(=O)Nc1ccccc1)C(C)=C4CCC(=O)O)C(CCC(=O)O)=C3C. The molecule has 0 saturated heterocycles. The maximum Gasteiger partial charge on any atom is 0.303 e. The third-order valence-electron chi connectivity index (χ3n) is 18.5. The summed E-state index contributed by atoms with van der Waals surface area (Å²) in [6.45, 7) is 21.8. The van der Waals surface area contributed by atoms with E-state index in [4.69, 9.17) is 24.7 Å². The van der Waals surface area contributed by atoms with Gasteiger partial charge in [-0.25, -0.2) is 19.9 Å². The van der Waals surface area contributed by atoms with Crippen molar-refractivity contribution in [3.63, 3.8) is 0 Å². The summed E-state index contributed by atoms with van der Waals surface area (Å²) >= 11 is 0. The molecule has 2 atom stereocenters. The number of fused-ring (bicyclic) bond motifs is 16. The van der Waals surface area contributed by atoms with Crippen molar-refractivity contribution in [3.8, 4) is 0 Å². The summed E-state index contributed by atoms with van der Waals surface area (Å²) in [7, 11) is 0. The van der Waals surface area contributed by atoms with Crippen molar-refractivity contribution in [1.29, 1.82) is 0 Å². The highest BCUT2D eigenvalue weighted by molar-refractivity contribution is 6.12. The predicted octanol–water partition coefficient (Wildman–Crippen LogP) is 16.0. The zero-order chi connectivity index (χ0) is 65.7. The van der Waals surface area contributed by atoms with E-state index < -0.39 is 36.1 Å². The Labute approximate surface area is 531 Å². The molecule has 19 nitrogen and oxygen atoms in total. The largest absolute Gasteiger partial charge is 0.481 e. The molecule has 9 N–H and O–H groups in total. The molecule has 16 bridgehead atoms. The fourth-order valence-electron chi connectivity index (χ4n) is 13.4. The number of hydrogen-bond acceptors (Lipinski definition) is 10. The van der Waals surface area contributed by atoms with Gasteiger partial charge in [0, 0.05) is 81.1 Å². The summed E-state index contributed by atoms with van der Waals surface area (Å²) in [5, 5.41) is 42.8. The molecule has 0 radical (unpaired) electrons. The van der Waals surface area contributed by atoms with Gasteiger partial charge in [-0.05, 0) is 234 Å². The van der Waals surface area contributed by atoms with Crippen LogP contribution in [0.1, 0.15) is 207 Å². The Balaban J connectivity index is 1.13. The average Bonchev–Trinajstić information content (AvgIpc) is 1.62. The van der Waals surface area contributed by atoms with E-state index in [0.29, 0.717) is 95.6 Å².